The topological polar surface area (TPSA) is 117 Å². The number of benzene rings is 1. The van der Waals surface area contributed by atoms with E-state index in [1.54, 1.807) is 13.0 Å². The molecule has 0 aliphatic carbocycles. The van der Waals surface area contributed by atoms with E-state index in [4.69, 9.17) is 14.2 Å². The number of ether oxygens (including phenoxy) is 3. The van der Waals surface area contributed by atoms with Gasteiger partial charge in [0.15, 0.2) is 0 Å². The minimum atomic E-state index is -0.756. The molecule has 1 aromatic heterocycles. The largest absolute Gasteiger partial charge is 0.497 e. The second-order valence-corrected chi connectivity index (χ2v) is 5.86. The lowest BCUT2D eigenvalue weighted by Crippen LogP contribution is -2.15. The van der Waals surface area contributed by atoms with Crippen molar-refractivity contribution >= 4 is 33.2 Å². The SMILES string of the molecule is CCOC(=O)c1cc([N+](=O)[O-])sc1NC(=O)c1ccc(OC)cc1OC. The summed E-state index contributed by atoms with van der Waals surface area (Å²) < 4.78 is 15.1. The van der Waals surface area contributed by atoms with Crippen molar-refractivity contribution < 1.29 is 28.7 Å². The summed E-state index contributed by atoms with van der Waals surface area (Å²) >= 11 is 0.669. The average molecular weight is 380 g/mol. The third-order valence-electron chi connectivity index (χ3n) is 3.27. The van der Waals surface area contributed by atoms with Crippen LogP contribution in [-0.4, -0.2) is 37.6 Å². The summed E-state index contributed by atoms with van der Waals surface area (Å²) in [7, 11) is 2.87. The van der Waals surface area contributed by atoms with Crippen LogP contribution in [0.25, 0.3) is 0 Å². The van der Waals surface area contributed by atoms with Crippen LogP contribution in [0, 0.1) is 10.1 Å². The van der Waals surface area contributed by atoms with E-state index in [2.05, 4.69) is 5.32 Å². The first-order valence-corrected chi connectivity index (χ1v) is 8.21. The molecule has 1 N–H and O–H groups in total. The summed E-state index contributed by atoms with van der Waals surface area (Å²) in [5.41, 5.74) is 0.101. The molecule has 2 aromatic rings. The van der Waals surface area contributed by atoms with E-state index in [-0.39, 0.29) is 33.5 Å². The minimum Gasteiger partial charge on any atom is -0.497 e. The molecule has 10 heteroatoms. The van der Waals surface area contributed by atoms with Crippen molar-refractivity contribution in [2.24, 2.45) is 0 Å². The van der Waals surface area contributed by atoms with Crippen LogP contribution in [0.4, 0.5) is 10.0 Å². The lowest BCUT2D eigenvalue weighted by atomic mass is 10.1. The fourth-order valence-electron chi connectivity index (χ4n) is 2.08. The van der Waals surface area contributed by atoms with Gasteiger partial charge < -0.3 is 19.5 Å². The van der Waals surface area contributed by atoms with E-state index in [0.29, 0.717) is 17.1 Å². The zero-order valence-electron chi connectivity index (χ0n) is 14.2. The van der Waals surface area contributed by atoms with Gasteiger partial charge in [-0.2, -0.15) is 0 Å². The fraction of sp³-hybridized carbons (Fsp3) is 0.250. The first-order chi connectivity index (χ1) is 12.4. The molecule has 0 fully saturated rings. The van der Waals surface area contributed by atoms with Gasteiger partial charge in [-0.1, -0.05) is 0 Å². The molecular weight excluding hydrogens is 364 g/mol. The molecule has 1 heterocycles. The molecule has 2 rings (SSSR count). The van der Waals surface area contributed by atoms with Crippen molar-refractivity contribution in [3.8, 4) is 11.5 Å². The van der Waals surface area contributed by atoms with E-state index < -0.39 is 16.8 Å². The summed E-state index contributed by atoms with van der Waals surface area (Å²) in [6, 6.07) is 5.65. The Morgan fingerprint density at radius 2 is 1.92 bits per heavy atom. The molecule has 0 saturated heterocycles. The first kappa shape index (κ1) is 19.2. The Balaban J connectivity index is 2.36. The van der Waals surface area contributed by atoms with Gasteiger partial charge in [-0.3, -0.25) is 14.9 Å². The second-order valence-electron chi connectivity index (χ2n) is 4.83. The Hall–Kier alpha value is -3.14. The number of nitrogens with one attached hydrogen (secondary N) is 1. The number of hydrogen-bond donors (Lipinski definition) is 1. The maximum absolute atomic E-state index is 12.6. The molecule has 0 saturated carbocycles. The van der Waals surface area contributed by atoms with E-state index >= 15 is 0 Å². The van der Waals surface area contributed by atoms with Crippen molar-refractivity contribution in [1.82, 2.24) is 0 Å². The number of hydrogen-bond acceptors (Lipinski definition) is 8. The zero-order chi connectivity index (χ0) is 19.3. The molecule has 0 aliphatic rings. The molecule has 9 nitrogen and oxygen atoms in total. The van der Waals surface area contributed by atoms with E-state index in [1.807, 2.05) is 0 Å². The molecule has 0 unspecified atom stereocenters. The minimum absolute atomic E-state index is 0.0259. The normalized spacial score (nSPS) is 10.1. The van der Waals surface area contributed by atoms with Gasteiger partial charge in [-0.25, -0.2) is 4.79 Å². The molecule has 0 spiro atoms. The number of amides is 1. The van der Waals surface area contributed by atoms with Crippen LogP contribution in [0.5, 0.6) is 11.5 Å². The predicted octanol–water partition coefficient (Wildman–Crippen LogP) is 3.10. The van der Waals surface area contributed by atoms with Crippen LogP contribution in [0.1, 0.15) is 27.6 Å². The van der Waals surface area contributed by atoms with E-state index in [0.717, 1.165) is 6.07 Å². The Morgan fingerprint density at radius 1 is 1.19 bits per heavy atom. The van der Waals surface area contributed by atoms with Crippen LogP contribution in [0.2, 0.25) is 0 Å². The fourth-order valence-corrected chi connectivity index (χ4v) is 2.93. The quantitative estimate of drug-likeness (QED) is 0.445. The second kappa shape index (κ2) is 8.30. The molecule has 0 atom stereocenters. The van der Waals surface area contributed by atoms with Crippen molar-refractivity contribution in [1.29, 1.82) is 0 Å². The highest BCUT2D eigenvalue weighted by molar-refractivity contribution is 7.19. The van der Waals surface area contributed by atoms with Gasteiger partial charge in [0.2, 0.25) is 0 Å². The number of nitrogens with zero attached hydrogens (tertiary/aromatic N) is 1. The lowest BCUT2D eigenvalue weighted by Gasteiger charge is -2.10. The molecular formula is C16H16N2O7S. The van der Waals surface area contributed by atoms with Gasteiger partial charge in [0.25, 0.3) is 5.91 Å². The van der Waals surface area contributed by atoms with Crippen molar-refractivity contribution in [2.45, 2.75) is 6.92 Å². The van der Waals surface area contributed by atoms with Crippen LogP contribution in [-0.2, 0) is 4.74 Å². The molecule has 1 amide bonds. The summed E-state index contributed by atoms with van der Waals surface area (Å²) in [5.74, 6) is -0.594. The number of nitro groups is 1. The van der Waals surface area contributed by atoms with E-state index in [1.165, 1.54) is 26.4 Å². The maximum Gasteiger partial charge on any atom is 0.341 e. The summed E-state index contributed by atoms with van der Waals surface area (Å²) in [4.78, 5) is 34.9. The zero-order valence-corrected chi connectivity index (χ0v) is 15.0. The highest BCUT2D eigenvalue weighted by atomic mass is 32.1. The van der Waals surface area contributed by atoms with Crippen LogP contribution in [0.3, 0.4) is 0 Å². The van der Waals surface area contributed by atoms with Crippen LogP contribution in [0.15, 0.2) is 24.3 Å². The third kappa shape index (κ3) is 4.09. The van der Waals surface area contributed by atoms with Gasteiger partial charge in [0.1, 0.15) is 22.1 Å². The number of anilines is 1. The summed E-state index contributed by atoms with van der Waals surface area (Å²) in [6.07, 6.45) is 0. The van der Waals surface area contributed by atoms with Crippen molar-refractivity contribution in [3.63, 3.8) is 0 Å². The number of esters is 1. The highest BCUT2D eigenvalue weighted by Crippen LogP contribution is 2.35. The van der Waals surface area contributed by atoms with Gasteiger partial charge >= 0.3 is 11.0 Å². The highest BCUT2D eigenvalue weighted by Gasteiger charge is 2.25. The maximum atomic E-state index is 12.6. The number of carbonyl (C=O) groups is 2. The van der Waals surface area contributed by atoms with Gasteiger partial charge in [-0.05, 0) is 30.4 Å². The van der Waals surface area contributed by atoms with Crippen molar-refractivity contribution in [2.75, 3.05) is 26.1 Å². The summed E-state index contributed by atoms with van der Waals surface area (Å²) in [6.45, 7) is 1.71. The van der Waals surface area contributed by atoms with Crippen LogP contribution < -0.4 is 14.8 Å². The Kier molecular flexibility index (Phi) is 6.12. The predicted molar refractivity (Wildman–Crippen MR) is 94.4 cm³/mol. The number of rotatable bonds is 7. The van der Waals surface area contributed by atoms with Crippen LogP contribution >= 0.6 is 11.3 Å². The molecule has 0 bridgehead atoms. The standard InChI is InChI=1S/C16H16N2O7S/c1-4-25-16(20)11-8-13(18(21)22)26-15(11)17-14(19)10-6-5-9(23-2)7-12(10)24-3/h5-8H,4H2,1-3H3,(H,17,19). The molecule has 0 radical (unpaired) electrons. The lowest BCUT2D eigenvalue weighted by molar-refractivity contribution is -0.380. The smallest absolute Gasteiger partial charge is 0.341 e. The third-order valence-corrected chi connectivity index (χ3v) is 4.28. The Morgan fingerprint density at radius 3 is 2.50 bits per heavy atom. The monoisotopic (exact) mass is 380 g/mol. The molecule has 1 aromatic carbocycles. The average Bonchev–Trinajstić information content (AvgIpc) is 3.05. The Labute approximate surface area is 152 Å². The molecule has 138 valence electrons. The first-order valence-electron chi connectivity index (χ1n) is 7.40. The van der Waals surface area contributed by atoms with E-state index in [9.17, 15) is 19.7 Å². The van der Waals surface area contributed by atoms with Gasteiger partial charge in [0, 0.05) is 12.1 Å². The van der Waals surface area contributed by atoms with Gasteiger partial charge in [-0.15, -0.1) is 0 Å². The number of methoxy groups -OCH3 is 2. The Bertz CT molecular complexity index is 847. The van der Waals surface area contributed by atoms with Crippen molar-refractivity contribution in [3.05, 3.63) is 45.5 Å². The summed E-state index contributed by atoms with van der Waals surface area (Å²) in [5, 5.41) is 13.2. The molecule has 26 heavy (non-hydrogen) atoms. The molecule has 0 aliphatic heterocycles. The number of thiophene rings is 1. The number of carbonyl (C=O) groups excluding carboxylic acids is 2. The van der Waals surface area contributed by atoms with Gasteiger partial charge in [0.05, 0.1) is 31.3 Å².